The summed E-state index contributed by atoms with van der Waals surface area (Å²) in [6, 6.07) is 13.7. The van der Waals surface area contributed by atoms with Crippen molar-refractivity contribution in [1.29, 1.82) is 0 Å². The first kappa shape index (κ1) is 11.9. The Balaban J connectivity index is 2.08. The first-order valence-electron chi connectivity index (χ1n) is 5.42. The summed E-state index contributed by atoms with van der Waals surface area (Å²) in [5, 5.41) is 23.2. The van der Waals surface area contributed by atoms with Crippen LogP contribution >= 0.6 is 0 Å². The zero-order valence-electron chi connectivity index (χ0n) is 9.54. The number of nitrogens with zero attached hydrogens (tertiary/aromatic N) is 1. The second kappa shape index (κ2) is 5.18. The number of rotatable bonds is 4. The van der Waals surface area contributed by atoms with E-state index in [4.69, 9.17) is 0 Å². The van der Waals surface area contributed by atoms with Crippen LogP contribution in [0.25, 0.3) is 0 Å². The molecule has 0 heterocycles. The molecule has 0 saturated heterocycles. The van der Waals surface area contributed by atoms with Crippen molar-refractivity contribution < 1.29 is 10.0 Å². The molecule has 0 atom stereocenters. The fourth-order valence-electron chi connectivity index (χ4n) is 1.58. The number of phenols is 1. The molecule has 0 spiro atoms. The first-order chi connectivity index (χ1) is 8.66. The zero-order valence-corrected chi connectivity index (χ0v) is 9.54. The van der Waals surface area contributed by atoms with Gasteiger partial charge >= 0.3 is 0 Å². The van der Waals surface area contributed by atoms with E-state index in [0.29, 0.717) is 12.2 Å². The lowest BCUT2D eigenvalue weighted by molar-refractivity contribution is -0.384. The van der Waals surface area contributed by atoms with Gasteiger partial charge in [-0.2, -0.15) is 0 Å². The molecule has 92 valence electrons. The molecule has 2 N–H and O–H groups in total. The minimum absolute atomic E-state index is 0.125. The fourth-order valence-corrected chi connectivity index (χ4v) is 1.58. The van der Waals surface area contributed by atoms with E-state index >= 15 is 0 Å². The number of hydrogen-bond acceptors (Lipinski definition) is 4. The van der Waals surface area contributed by atoms with Crippen molar-refractivity contribution in [3.8, 4) is 5.75 Å². The van der Waals surface area contributed by atoms with Gasteiger partial charge in [-0.25, -0.2) is 0 Å². The highest BCUT2D eigenvalue weighted by atomic mass is 16.6. The van der Waals surface area contributed by atoms with Crippen LogP contribution < -0.4 is 5.32 Å². The maximum Gasteiger partial charge on any atom is 0.273 e. The van der Waals surface area contributed by atoms with E-state index in [1.807, 2.05) is 30.3 Å². The van der Waals surface area contributed by atoms with Gasteiger partial charge in [0.2, 0.25) is 0 Å². The molecule has 0 radical (unpaired) electrons. The lowest BCUT2D eigenvalue weighted by Gasteiger charge is -2.08. The summed E-state index contributed by atoms with van der Waals surface area (Å²) in [5.74, 6) is -0.125. The van der Waals surface area contributed by atoms with E-state index in [1.165, 1.54) is 12.1 Å². The zero-order chi connectivity index (χ0) is 13.0. The van der Waals surface area contributed by atoms with Crippen LogP contribution in [0.1, 0.15) is 5.56 Å². The van der Waals surface area contributed by atoms with Gasteiger partial charge in [-0.3, -0.25) is 10.1 Å². The lowest BCUT2D eigenvalue weighted by Crippen LogP contribution is -1.99. The van der Waals surface area contributed by atoms with E-state index < -0.39 is 4.92 Å². The first-order valence-corrected chi connectivity index (χ1v) is 5.42. The number of nitro groups is 1. The average molecular weight is 244 g/mol. The summed E-state index contributed by atoms with van der Waals surface area (Å²) >= 11 is 0. The number of hydrogen-bond donors (Lipinski definition) is 2. The summed E-state index contributed by atoms with van der Waals surface area (Å²) in [7, 11) is 0. The number of nitro benzene ring substituents is 1. The molecule has 5 nitrogen and oxygen atoms in total. The molecule has 2 aromatic rings. The molecular weight excluding hydrogens is 232 g/mol. The third-order valence-corrected chi connectivity index (χ3v) is 2.52. The van der Waals surface area contributed by atoms with E-state index in [1.54, 1.807) is 0 Å². The molecular formula is C13H12N2O3. The van der Waals surface area contributed by atoms with Crippen LogP contribution in [0.4, 0.5) is 11.4 Å². The molecule has 0 aliphatic rings. The van der Waals surface area contributed by atoms with Crippen molar-refractivity contribution in [2.75, 3.05) is 5.32 Å². The predicted octanol–water partition coefficient (Wildman–Crippen LogP) is 2.91. The lowest BCUT2D eigenvalue weighted by atomic mass is 10.2. The highest BCUT2D eigenvalue weighted by molar-refractivity contribution is 5.60. The van der Waals surface area contributed by atoms with Gasteiger partial charge in [0.15, 0.2) is 0 Å². The van der Waals surface area contributed by atoms with E-state index in [9.17, 15) is 15.2 Å². The third-order valence-electron chi connectivity index (χ3n) is 2.52. The van der Waals surface area contributed by atoms with Gasteiger partial charge in [-0.05, 0) is 11.6 Å². The summed E-state index contributed by atoms with van der Waals surface area (Å²) in [6.07, 6.45) is 0. The molecule has 0 fully saturated rings. The van der Waals surface area contributed by atoms with E-state index in [-0.39, 0.29) is 11.4 Å². The molecule has 2 rings (SSSR count). The number of non-ortho nitro benzene ring substituents is 1. The maximum atomic E-state index is 10.5. The molecule has 0 aromatic heterocycles. The molecule has 0 bridgehead atoms. The average Bonchev–Trinajstić information content (AvgIpc) is 2.38. The Hall–Kier alpha value is -2.56. The summed E-state index contributed by atoms with van der Waals surface area (Å²) in [4.78, 5) is 9.98. The SMILES string of the molecule is O=[N+]([O-])c1ccc(NCc2ccccc2)c(O)c1. The Labute approximate surface area is 104 Å². The topological polar surface area (TPSA) is 75.4 Å². The van der Waals surface area contributed by atoms with Crippen LogP contribution in [0.5, 0.6) is 5.75 Å². The third kappa shape index (κ3) is 2.76. The largest absolute Gasteiger partial charge is 0.506 e. The maximum absolute atomic E-state index is 10.5. The number of phenolic OH excluding ortho intramolecular Hbond substituents is 1. The Morgan fingerprint density at radius 1 is 1.17 bits per heavy atom. The molecule has 0 aliphatic heterocycles. The van der Waals surface area contributed by atoms with Gasteiger partial charge < -0.3 is 10.4 Å². The van der Waals surface area contributed by atoms with Gasteiger partial charge in [0, 0.05) is 12.6 Å². The molecule has 18 heavy (non-hydrogen) atoms. The van der Waals surface area contributed by atoms with Gasteiger partial charge in [0.1, 0.15) is 5.75 Å². The minimum atomic E-state index is -0.541. The minimum Gasteiger partial charge on any atom is -0.506 e. The summed E-state index contributed by atoms with van der Waals surface area (Å²) < 4.78 is 0. The van der Waals surface area contributed by atoms with Gasteiger partial charge in [0.05, 0.1) is 16.7 Å². The molecule has 0 saturated carbocycles. The van der Waals surface area contributed by atoms with Crippen LogP contribution in [-0.4, -0.2) is 10.0 Å². The van der Waals surface area contributed by atoms with Crippen LogP contribution in [-0.2, 0) is 6.54 Å². The molecule has 5 heteroatoms. The van der Waals surface area contributed by atoms with Gasteiger partial charge in [0.25, 0.3) is 5.69 Å². The number of nitrogens with one attached hydrogen (secondary N) is 1. The van der Waals surface area contributed by atoms with Crippen molar-refractivity contribution >= 4 is 11.4 Å². The Morgan fingerprint density at radius 2 is 1.89 bits per heavy atom. The van der Waals surface area contributed by atoms with E-state index in [2.05, 4.69) is 5.32 Å². The number of benzene rings is 2. The second-order valence-electron chi connectivity index (χ2n) is 3.80. The summed E-state index contributed by atoms with van der Waals surface area (Å²) in [6.45, 7) is 0.548. The number of anilines is 1. The van der Waals surface area contributed by atoms with Crippen LogP contribution in [0, 0.1) is 10.1 Å². The summed E-state index contributed by atoms with van der Waals surface area (Å²) in [5.41, 5.74) is 1.41. The predicted molar refractivity (Wildman–Crippen MR) is 68.5 cm³/mol. The van der Waals surface area contributed by atoms with Crippen LogP contribution in [0.2, 0.25) is 0 Å². The molecule has 0 amide bonds. The van der Waals surface area contributed by atoms with Gasteiger partial charge in [-0.15, -0.1) is 0 Å². The molecule has 2 aromatic carbocycles. The van der Waals surface area contributed by atoms with Gasteiger partial charge in [-0.1, -0.05) is 30.3 Å². The second-order valence-corrected chi connectivity index (χ2v) is 3.80. The monoisotopic (exact) mass is 244 g/mol. The number of aromatic hydroxyl groups is 1. The normalized spacial score (nSPS) is 10.0. The molecule has 0 aliphatic carbocycles. The van der Waals surface area contributed by atoms with Crippen LogP contribution in [0.15, 0.2) is 48.5 Å². The fraction of sp³-hybridized carbons (Fsp3) is 0.0769. The quantitative estimate of drug-likeness (QED) is 0.492. The van der Waals surface area contributed by atoms with E-state index in [0.717, 1.165) is 11.6 Å². The van der Waals surface area contributed by atoms with Crippen molar-refractivity contribution in [3.63, 3.8) is 0 Å². The Kier molecular flexibility index (Phi) is 3.43. The van der Waals surface area contributed by atoms with Crippen molar-refractivity contribution in [1.82, 2.24) is 0 Å². The Morgan fingerprint density at radius 3 is 2.50 bits per heavy atom. The Bertz CT molecular complexity index is 555. The van der Waals surface area contributed by atoms with Crippen molar-refractivity contribution in [2.24, 2.45) is 0 Å². The smallest absolute Gasteiger partial charge is 0.273 e. The highest BCUT2D eigenvalue weighted by Crippen LogP contribution is 2.28. The van der Waals surface area contributed by atoms with Crippen molar-refractivity contribution in [2.45, 2.75) is 6.54 Å². The van der Waals surface area contributed by atoms with Crippen molar-refractivity contribution in [3.05, 3.63) is 64.2 Å². The standard InChI is InChI=1S/C13H12N2O3/c16-13-8-11(15(17)18)6-7-12(13)14-9-10-4-2-1-3-5-10/h1-8,14,16H,9H2. The molecule has 0 unspecified atom stereocenters. The van der Waals surface area contributed by atoms with Crippen LogP contribution in [0.3, 0.4) is 0 Å². The highest BCUT2D eigenvalue weighted by Gasteiger charge is 2.09.